The van der Waals surface area contributed by atoms with Gasteiger partial charge in [0.2, 0.25) is 0 Å². The van der Waals surface area contributed by atoms with Gasteiger partial charge in [0.25, 0.3) is 5.69 Å². The molecule has 8 nitrogen and oxygen atoms in total. The van der Waals surface area contributed by atoms with Crippen molar-refractivity contribution in [3.63, 3.8) is 0 Å². The maximum Gasteiger partial charge on any atom is 0.342 e. The first kappa shape index (κ1) is 14.4. The third-order valence-corrected chi connectivity index (χ3v) is 2.57. The van der Waals surface area contributed by atoms with Crippen molar-refractivity contribution >= 4 is 11.7 Å². The lowest BCUT2D eigenvalue weighted by atomic mass is 10.2. The van der Waals surface area contributed by atoms with Crippen LogP contribution >= 0.6 is 0 Å². The van der Waals surface area contributed by atoms with Crippen LogP contribution in [-0.2, 0) is 0 Å². The van der Waals surface area contributed by atoms with Crippen molar-refractivity contribution in [2.45, 2.75) is 13.8 Å². The molecule has 0 amide bonds. The summed E-state index contributed by atoms with van der Waals surface area (Å²) in [6.07, 6.45) is 0. The summed E-state index contributed by atoms with van der Waals surface area (Å²) >= 11 is 0. The van der Waals surface area contributed by atoms with Crippen molar-refractivity contribution in [3.05, 3.63) is 51.3 Å². The van der Waals surface area contributed by atoms with E-state index in [-0.39, 0.29) is 11.8 Å². The van der Waals surface area contributed by atoms with Crippen molar-refractivity contribution in [2.24, 2.45) is 0 Å². The van der Waals surface area contributed by atoms with Crippen molar-refractivity contribution in [1.29, 1.82) is 0 Å². The van der Waals surface area contributed by atoms with Gasteiger partial charge in [0.1, 0.15) is 11.3 Å². The van der Waals surface area contributed by atoms with Crippen LogP contribution in [0.4, 0.5) is 5.69 Å². The Morgan fingerprint density at radius 1 is 1.24 bits per heavy atom. The van der Waals surface area contributed by atoms with Crippen LogP contribution in [0.25, 0.3) is 0 Å². The molecule has 1 heterocycles. The lowest BCUT2D eigenvalue weighted by Gasteiger charge is -2.06. The van der Waals surface area contributed by atoms with Gasteiger partial charge in [-0.1, -0.05) is 0 Å². The normalized spacial score (nSPS) is 10.2. The summed E-state index contributed by atoms with van der Waals surface area (Å²) in [5.41, 5.74) is 0.425. The fourth-order valence-electron chi connectivity index (χ4n) is 1.75. The number of hydrogen-bond donors (Lipinski definition) is 1. The van der Waals surface area contributed by atoms with E-state index in [2.05, 4.69) is 9.97 Å². The third-order valence-electron chi connectivity index (χ3n) is 2.57. The largest absolute Gasteiger partial charge is 0.477 e. The minimum absolute atomic E-state index is 0.0534. The number of aromatic nitrogens is 2. The SMILES string of the molecule is Cc1cc(C)nc(Oc2ccc([N+](=O)[O-])c(C(=O)O)c2)n1. The number of benzene rings is 1. The number of ether oxygens (including phenoxy) is 1. The van der Waals surface area contributed by atoms with Crippen LogP contribution in [0.3, 0.4) is 0 Å². The molecule has 0 radical (unpaired) electrons. The fraction of sp³-hybridized carbons (Fsp3) is 0.154. The topological polar surface area (TPSA) is 115 Å². The standard InChI is InChI=1S/C13H11N3O5/c1-7-5-8(2)15-13(14-7)21-9-3-4-11(16(19)20)10(6-9)12(17)18/h3-6H,1-2H3,(H,17,18). The average molecular weight is 289 g/mol. The molecule has 0 atom stereocenters. The summed E-state index contributed by atoms with van der Waals surface area (Å²) < 4.78 is 5.36. The van der Waals surface area contributed by atoms with Gasteiger partial charge in [0.05, 0.1) is 4.92 Å². The van der Waals surface area contributed by atoms with Gasteiger partial charge in [-0.05, 0) is 26.0 Å². The zero-order valence-electron chi connectivity index (χ0n) is 11.2. The zero-order valence-corrected chi connectivity index (χ0v) is 11.2. The van der Waals surface area contributed by atoms with E-state index in [1.165, 1.54) is 6.07 Å². The molecule has 2 aromatic rings. The van der Waals surface area contributed by atoms with E-state index in [0.29, 0.717) is 11.4 Å². The molecular formula is C13H11N3O5. The van der Waals surface area contributed by atoms with Crippen molar-refractivity contribution in [1.82, 2.24) is 9.97 Å². The predicted octanol–water partition coefficient (Wildman–Crippen LogP) is 2.49. The van der Waals surface area contributed by atoms with Crippen LogP contribution in [0.5, 0.6) is 11.8 Å². The monoisotopic (exact) mass is 289 g/mol. The van der Waals surface area contributed by atoms with E-state index in [0.717, 1.165) is 12.1 Å². The number of carbonyl (C=O) groups is 1. The Bertz CT molecular complexity index is 709. The molecule has 0 bridgehead atoms. The first-order valence-electron chi connectivity index (χ1n) is 5.88. The first-order chi connectivity index (χ1) is 9.86. The van der Waals surface area contributed by atoms with E-state index in [9.17, 15) is 14.9 Å². The van der Waals surface area contributed by atoms with Crippen molar-refractivity contribution in [2.75, 3.05) is 0 Å². The van der Waals surface area contributed by atoms with Gasteiger partial charge in [-0.25, -0.2) is 14.8 Å². The summed E-state index contributed by atoms with van der Waals surface area (Å²) in [7, 11) is 0. The van der Waals surface area contributed by atoms with Crippen molar-refractivity contribution in [3.8, 4) is 11.8 Å². The van der Waals surface area contributed by atoms with Gasteiger partial charge in [-0.2, -0.15) is 0 Å². The van der Waals surface area contributed by atoms with Gasteiger partial charge in [0.15, 0.2) is 0 Å². The first-order valence-corrected chi connectivity index (χ1v) is 5.88. The number of nitro groups is 1. The molecule has 1 aromatic heterocycles. The summed E-state index contributed by atoms with van der Waals surface area (Å²) in [4.78, 5) is 29.1. The molecule has 21 heavy (non-hydrogen) atoms. The number of carboxylic acids is 1. The lowest BCUT2D eigenvalue weighted by molar-refractivity contribution is -0.385. The minimum atomic E-state index is -1.41. The van der Waals surface area contributed by atoms with Crippen LogP contribution < -0.4 is 4.74 Å². The number of aromatic carboxylic acids is 1. The number of hydrogen-bond acceptors (Lipinski definition) is 6. The second kappa shape index (κ2) is 5.53. The number of nitro benzene ring substituents is 1. The molecule has 0 unspecified atom stereocenters. The molecule has 0 fully saturated rings. The zero-order chi connectivity index (χ0) is 15.6. The highest BCUT2D eigenvalue weighted by molar-refractivity contribution is 5.92. The highest BCUT2D eigenvalue weighted by atomic mass is 16.6. The molecule has 0 aliphatic rings. The minimum Gasteiger partial charge on any atom is -0.477 e. The quantitative estimate of drug-likeness (QED) is 0.678. The van der Waals surface area contributed by atoms with E-state index in [1.54, 1.807) is 19.9 Å². The Morgan fingerprint density at radius 3 is 2.38 bits per heavy atom. The summed E-state index contributed by atoms with van der Waals surface area (Å²) in [6.45, 7) is 3.53. The molecule has 0 saturated heterocycles. The number of nitrogens with zero attached hydrogens (tertiary/aromatic N) is 3. The number of rotatable bonds is 4. The van der Waals surface area contributed by atoms with Gasteiger partial charge in [0, 0.05) is 23.5 Å². The smallest absolute Gasteiger partial charge is 0.342 e. The molecule has 1 aromatic carbocycles. The number of aryl methyl sites for hydroxylation is 2. The molecule has 0 aliphatic carbocycles. The highest BCUT2D eigenvalue weighted by Gasteiger charge is 2.20. The molecule has 0 aliphatic heterocycles. The Morgan fingerprint density at radius 2 is 1.86 bits per heavy atom. The van der Waals surface area contributed by atoms with E-state index in [4.69, 9.17) is 9.84 Å². The fourth-order valence-corrected chi connectivity index (χ4v) is 1.75. The molecule has 1 N–H and O–H groups in total. The highest BCUT2D eigenvalue weighted by Crippen LogP contribution is 2.26. The maximum absolute atomic E-state index is 11.0. The van der Waals surface area contributed by atoms with Gasteiger partial charge >= 0.3 is 12.0 Å². The molecular weight excluding hydrogens is 278 g/mol. The second-order valence-electron chi connectivity index (χ2n) is 4.28. The van der Waals surface area contributed by atoms with Crippen LogP contribution in [-0.4, -0.2) is 26.0 Å². The van der Waals surface area contributed by atoms with Crippen LogP contribution in [0.1, 0.15) is 21.7 Å². The maximum atomic E-state index is 11.0. The van der Waals surface area contributed by atoms with Crippen molar-refractivity contribution < 1.29 is 19.6 Å². The Balaban J connectivity index is 2.39. The molecule has 108 valence electrons. The Kier molecular flexibility index (Phi) is 3.79. The van der Waals surface area contributed by atoms with Crippen LogP contribution in [0, 0.1) is 24.0 Å². The summed E-state index contributed by atoms with van der Waals surface area (Å²) in [5, 5.41) is 19.8. The van der Waals surface area contributed by atoms with Crippen LogP contribution in [0.15, 0.2) is 24.3 Å². The van der Waals surface area contributed by atoms with Gasteiger partial charge < -0.3 is 9.84 Å². The summed E-state index contributed by atoms with van der Waals surface area (Å²) in [6, 6.07) is 5.25. The Labute approximate surface area is 119 Å². The average Bonchev–Trinajstić information content (AvgIpc) is 2.36. The van der Waals surface area contributed by atoms with Gasteiger partial charge in [-0.15, -0.1) is 0 Å². The third kappa shape index (κ3) is 3.30. The second-order valence-corrected chi connectivity index (χ2v) is 4.28. The molecule has 0 saturated carbocycles. The van der Waals surface area contributed by atoms with E-state index in [1.807, 2.05) is 0 Å². The van der Waals surface area contributed by atoms with Gasteiger partial charge in [-0.3, -0.25) is 10.1 Å². The van der Waals surface area contributed by atoms with Crippen LogP contribution in [0.2, 0.25) is 0 Å². The van der Waals surface area contributed by atoms with E-state index >= 15 is 0 Å². The summed E-state index contributed by atoms with van der Waals surface area (Å²) in [5.74, 6) is -1.29. The molecule has 2 rings (SSSR count). The Hall–Kier alpha value is -3.03. The predicted molar refractivity (Wildman–Crippen MR) is 71.6 cm³/mol. The lowest BCUT2D eigenvalue weighted by Crippen LogP contribution is -2.03. The molecule has 0 spiro atoms. The number of carboxylic acid groups (broad SMARTS) is 1. The van der Waals surface area contributed by atoms with E-state index < -0.39 is 22.1 Å². The molecule has 8 heteroatoms.